The predicted octanol–water partition coefficient (Wildman–Crippen LogP) is 0.938. The molecular weight excluding hydrogens is 344 g/mol. The second-order valence-corrected chi connectivity index (χ2v) is 8.34. The van der Waals surface area contributed by atoms with Gasteiger partial charge < -0.3 is 14.5 Å². The van der Waals surface area contributed by atoms with Gasteiger partial charge in [0, 0.05) is 32.6 Å². The Morgan fingerprint density at radius 1 is 1.16 bits per heavy atom. The summed E-state index contributed by atoms with van der Waals surface area (Å²) in [4.78, 5) is 26.2. The van der Waals surface area contributed by atoms with E-state index in [1.165, 1.54) is 12.1 Å². The number of hydrogen-bond acceptors (Lipinski definition) is 5. The van der Waals surface area contributed by atoms with E-state index in [9.17, 15) is 18.0 Å². The molecule has 0 saturated carbocycles. The summed E-state index contributed by atoms with van der Waals surface area (Å²) in [6.45, 7) is 5.65. The zero-order valence-corrected chi connectivity index (χ0v) is 15.4. The molecule has 7 nitrogen and oxygen atoms in total. The van der Waals surface area contributed by atoms with Gasteiger partial charge in [-0.2, -0.15) is 0 Å². The molecule has 1 aliphatic heterocycles. The van der Waals surface area contributed by atoms with E-state index in [-0.39, 0.29) is 29.1 Å². The summed E-state index contributed by atoms with van der Waals surface area (Å²) in [5.41, 5.74) is 0. The second-order valence-electron chi connectivity index (χ2n) is 6.23. The van der Waals surface area contributed by atoms with Crippen LogP contribution in [0.3, 0.4) is 0 Å². The second kappa shape index (κ2) is 8.33. The average Bonchev–Trinajstić information content (AvgIpc) is 2.60. The van der Waals surface area contributed by atoms with Crippen LogP contribution < -0.4 is 4.74 Å². The minimum absolute atomic E-state index is 0.0137. The van der Waals surface area contributed by atoms with Crippen molar-refractivity contribution in [2.75, 3.05) is 31.9 Å². The van der Waals surface area contributed by atoms with Crippen molar-refractivity contribution in [2.24, 2.45) is 0 Å². The Kier molecular flexibility index (Phi) is 6.41. The molecule has 0 radical (unpaired) electrons. The normalized spacial score (nSPS) is 15.3. The maximum Gasteiger partial charge on any atom is 0.223 e. The van der Waals surface area contributed by atoms with Crippen molar-refractivity contribution in [3.8, 4) is 5.75 Å². The quantitative estimate of drug-likeness (QED) is 0.669. The van der Waals surface area contributed by atoms with Crippen LogP contribution in [-0.2, 0) is 19.4 Å². The molecule has 0 N–H and O–H groups in total. The predicted molar refractivity (Wildman–Crippen MR) is 93.1 cm³/mol. The lowest BCUT2D eigenvalue weighted by Gasteiger charge is -2.32. The maximum absolute atomic E-state index is 12.4. The van der Waals surface area contributed by atoms with E-state index in [1.807, 2.05) is 13.8 Å². The first kappa shape index (κ1) is 19.2. The van der Waals surface area contributed by atoms with Gasteiger partial charge in [0.25, 0.3) is 0 Å². The Labute approximate surface area is 148 Å². The van der Waals surface area contributed by atoms with Crippen LogP contribution in [0.15, 0.2) is 29.2 Å². The van der Waals surface area contributed by atoms with Crippen molar-refractivity contribution in [1.29, 1.82) is 0 Å². The molecule has 1 aromatic rings. The Morgan fingerprint density at radius 3 is 2.28 bits per heavy atom. The highest BCUT2D eigenvalue weighted by molar-refractivity contribution is 7.91. The lowest BCUT2D eigenvalue weighted by molar-refractivity contribution is -0.134. The Hall–Kier alpha value is -2.09. The minimum Gasteiger partial charge on any atom is -0.491 e. The van der Waals surface area contributed by atoms with Crippen molar-refractivity contribution >= 4 is 22.2 Å². The third-order valence-corrected chi connectivity index (χ3v) is 5.69. The lowest BCUT2D eigenvalue weighted by atomic mass is 10.3. The number of carbonyl (C=O) groups is 2. The van der Waals surface area contributed by atoms with Crippen molar-refractivity contribution in [1.82, 2.24) is 9.80 Å². The van der Waals surface area contributed by atoms with Gasteiger partial charge >= 0.3 is 0 Å². The van der Waals surface area contributed by atoms with Gasteiger partial charge in [0.1, 0.15) is 5.75 Å². The van der Waals surface area contributed by atoms with Crippen LogP contribution in [0.1, 0.15) is 20.3 Å². The molecule has 1 aromatic carbocycles. The topological polar surface area (TPSA) is 84.0 Å². The van der Waals surface area contributed by atoms with Gasteiger partial charge in [-0.15, -0.1) is 0 Å². The summed E-state index contributed by atoms with van der Waals surface area (Å²) >= 11 is 0. The van der Waals surface area contributed by atoms with Gasteiger partial charge in [0.05, 0.1) is 16.8 Å². The molecule has 0 atom stereocenters. The molecule has 8 heteroatoms. The highest BCUT2D eigenvalue weighted by Crippen LogP contribution is 2.19. The van der Waals surface area contributed by atoms with Gasteiger partial charge in [0.2, 0.25) is 12.3 Å². The number of piperazine rings is 1. The van der Waals surface area contributed by atoms with E-state index in [4.69, 9.17) is 4.74 Å². The van der Waals surface area contributed by atoms with Crippen LogP contribution in [-0.4, -0.2) is 68.6 Å². The zero-order valence-electron chi connectivity index (χ0n) is 14.6. The fraction of sp³-hybridized carbons (Fsp3) is 0.529. The molecule has 0 aliphatic carbocycles. The largest absolute Gasteiger partial charge is 0.491 e. The highest BCUT2D eigenvalue weighted by atomic mass is 32.2. The number of nitrogens with zero attached hydrogens (tertiary/aromatic N) is 2. The van der Waals surface area contributed by atoms with Crippen LogP contribution in [0, 0.1) is 0 Å². The fourth-order valence-electron chi connectivity index (χ4n) is 2.57. The summed E-state index contributed by atoms with van der Waals surface area (Å²) in [6, 6.07) is 6.24. The van der Waals surface area contributed by atoms with Gasteiger partial charge in [-0.25, -0.2) is 8.42 Å². The SMILES string of the molecule is CC(C)Oc1ccc(S(=O)(=O)CCC(=O)N2CCN(C=O)CC2)cc1. The van der Waals surface area contributed by atoms with Crippen molar-refractivity contribution < 1.29 is 22.7 Å². The van der Waals surface area contributed by atoms with E-state index in [2.05, 4.69) is 0 Å². The van der Waals surface area contributed by atoms with Crippen LogP contribution in [0.5, 0.6) is 5.75 Å². The van der Waals surface area contributed by atoms with E-state index in [0.29, 0.717) is 31.9 Å². The van der Waals surface area contributed by atoms with Crippen LogP contribution in [0.2, 0.25) is 0 Å². The lowest BCUT2D eigenvalue weighted by Crippen LogP contribution is -2.48. The standard InChI is InChI=1S/C17H24N2O5S/c1-14(2)24-15-3-5-16(6-4-15)25(22,23)12-7-17(21)19-10-8-18(13-20)9-11-19/h3-6,13-14H,7-12H2,1-2H3. The first-order chi connectivity index (χ1) is 11.8. The molecule has 2 rings (SSSR count). The monoisotopic (exact) mass is 368 g/mol. The van der Waals surface area contributed by atoms with Crippen LogP contribution in [0.4, 0.5) is 0 Å². The molecule has 1 aliphatic rings. The Balaban J connectivity index is 1.90. The molecule has 25 heavy (non-hydrogen) atoms. The van der Waals surface area contributed by atoms with Crippen LogP contribution in [0.25, 0.3) is 0 Å². The number of ether oxygens (including phenoxy) is 1. The molecule has 0 spiro atoms. The highest BCUT2D eigenvalue weighted by Gasteiger charge is 2.23. The summed E-state index contributed by atoms with van der Waals surface area (Å²) in [5, 5.41) is 0. The molecule has 138 valence electrons. The Morgan fingerprint density at radius 2 is 1.76 bits per heavy atom. The smallest absolute Gasteiger partial charge is 0.223 e. The number of amides is 2. The number of rotatable bonds is 7. The molecule has 2 amide bonds. The molecule has 1 fully saturated rings. The maximum atomic E-state index is 12.4. The van der Waals surface area contributed by atoms with Gasteiger partial charge in [-0.3, -0.25) is 9.59 Å². The summed E-state index contributed by atoms with van der Waals surface area (Å²) < 4.78 is 30.3. The molecule has 0 aromatic heterocycles. The Bertz CT molecular complexity index is 692. The third kappa shape index (κ3) is 5.45. The number of sulfone groups is 1. The van der Waals surface area contributed by atoms with Crippen molar-refractivity contribution in [3.63, 3.8) is 0 Å². The fourth-order valence-corrected chi connectivity index (χ4v) is 3.80. The van der Waals surface area contributed by atoms with Gasteiger partial charge in [0.15, 0.2) is 9.84 Å². The molecule has 1 saturated heterocycles. The first-order valence-electron chi connectivity index (χ1n) is 8.28. The number of benzene rings is 1. The van der Waals surface area contributed by atoms with Crippen LogP contribution >= 0.6 is 0 Å². The summed E-state index contributed by atoms with van der Waals surface area (Å²) in [7, 11) is -3.52. The molecule has 0 bridgehead atoms. The molecule has 0 unspecified atom stereocenters. The van der Waals surface area contributed by atoms with Crippen molar-refractivity contribution in [2.45, 2.75) is 31.3 Å². The van der Waals surface area contributed by atoms with E-state index in [0.717, 1.165) is 6.41 Å². The number of hydrogen-bond donors (Lipinski definition) is 0. The third-order valence-electron chi connectivity index (χ3n) is 3.96. The van der Waals surface area contributed by atoms with E-state index < -0.39 is 9.84 Å². The first-order valence-corrected chi connectivity index (χ1v) is 9.93. The van der Waals surface area contributed by atoms with E-state index >= 15 is 0 Å². The number of carbonyl (C=O) groups excluding carboxylic acids is 2. The summed E-state index contributed by atoms with van der Waals surface area (Å²) in [6.07, 6.45) is 0.715. The average molecular weight is 368 g/mol. The zero-order chi connectivity index (χ0) is 18.4. The summed E-state index contributed by atoms with van der Waals surface area (Å²) in [5.74, 6) is 0.177. The van der Waals surface area contributed by atoms with Gasteiger partial charge in [-0.05, 0) is 38.1 Å². The van der Waals surface area contributed by atoms with Crippen molar-refractivity contribution in [3.05, 3.63) is 24.3 Å². The minimum atomic E-state index is -3.52. The molecular formula is C17H24N2O5S. The molecule has 1 heterocycles. The van der Waals surface area contributed by atoms with Gasteiger partial charge in [-0.1, -0.05) is 0 Å². The van der Waals surface area contributed by atoms with E-state index in [1.54, 1.807) is 21.9 Å².